The van der Waals surface area contributed by atoms with Crippen molar-refractivity contribution in [3.63, 3.8) is 0 Å². The number of likely N-dealkylation sites (tertiary alicyclic amines) is 1. The highest BCUT2D eigenvalue weighted by atomic mass is 35.5. The molecule has 2 fully saturated rings. The molecule has 0 radical (unpaired) electrons. The van der Waals surface area contributed by atoms with E-state index in [4.69, 9.17) is 27.9 Å². The number of halogens is 2. The zero-order valence-corrected chi connectivity index (χ0v) is 13.7. The molecule has 3 rings (SSSR count). The predicted molar refractivity (Wildman–Crippen MR) is 83.6 cm³/mol. The van der Waals surface area contributed by atoms with Crippen molar-refractivity contribution >= 4 is 23.2 Å². The first kappa shape index (κ1) is 14.6. The van der Waals surface area contributed by atoms with E-state index in [2.05, 4.69) is 31.7 Å². The second-order valence-electron chi connectivity index (χ2n) is 6.15. The summed E-state index contributed by atoms with van der Waals surface area (Å²) < 4.78 is 6.26. The lowest BCUT2D eigenvalue weighted by Gasteiger charge is -2.43. The fourth-order valence-corrected chi connectivity index (χ4v) is 4.40. The molecule has 2 saturated heterocycles. The highest BCUT2D eigenvalue weighted by molar-refractivity contribution is 6.42. The molecule has 0 amide bonds. The summed E-state index contributed by atoms with van der Waals surface area (Å²) in [6.07, 6.45) is 2.14. The number of fused-ring (bicyclic) bond motifs is 2. The van der Waals surface area contributed by atoms with Crippen LogP contribution in [0.1, 0.15) is 39.2 Å². The normalized spacial score (nSPS) is 33.3. The Labute approximate surface area is 131 Å². The number of morpholine rings is 1. The van der Waals surface area contributed by atoms with Crippen LogP contribution in [0.5, 0.6) is 0 Å². The van der Waals surface area contributed by atoms with Crippen LogP contribution in [0.25, 0.3) is 0 Å². The third-order valence-corrected chi connectivity index (χ3v) is 5.52. The molecule has 2 aliphatic rings. The highest BCUT2D eigenvalue weighted by Gasteiger charge is 2.58. The van der Waals surface area contributed by atoms with Gasteiger partial charge in [0.1, 0.15) is 5.60 Å². The monoisotopic (exact) mass is 313 g/mol. The average molecular weight is 314 g/mol. The van der Waals surface area contributed by atoms with Crippen molar-refractivity contribution in [3.8, 4) is 0 Å². The molecule has 2 nitrogen and oxygen atoms in total. The first-order valence-corrected chi connectivity index (χ1v) is 8.12. The van der Waals surface area contributed by atoms with Crippen LogP contribution in [0.4, 0.5) is 0 Å². The lowest BCUT2D eigenvalue weighted by Crippen LogP contribution is -2.52. The van der Waals surface area contributed by atoms with Gasteiger partial charge in [0, 0.05) is 18.1 Å². The van der Waals surface area contributed by atoms with Gasteiger partial charge in [-0.2, -0.15) is 0 Å². The van der Waals surface area contributed by atoms with E-state index in [1.165, 1.54) is 5.56 Å². The van der Waals surface area contributed by atoms with Gasteiger partial charge in [-0.25, -0.2) is 0 Å². The largest absolute Gasteiger partial charge is 0.367 e. The average Bonchev–Trinajstić information content (AvgIpc) is 2.98. The van der Waals surface area contributed by atoms with Gasteiger partial charge < -0.3 is 4.74 Å². The summed E-state index contributed by atoms with van der Waals surface area (Å²) in [5.74, 6) is 0. The van der Waals surface area contributed by atoms with Crippen molar-refractivity contribution in [3.05, 3.63) is 33.8 Å². The molecule has 20 heavy (non-hydrogen) atoms. The number of ether oxygens (including phenoxy) is 1. The van der Waals surface area contributed by atoms with Gasteiger partial charge in [0.2, 0.25) is 0 Å². The number of hydrogen-bond acceptors (Lipinski definition) is 2. The van der Waals surface area contributed by atoms with Crippen molar-refractivity contribution in [1.29, 1.82) is 0 Å². The Balaban J connectivity index is 2.04. The van der Waals surface area contributed by atoms with E-state index in [0.717, 1.165) is 19.4 Å². The van der Waals surface area contributed by atoms with Gasteiger partial charge >= 0.3 is 0 Å². The fraction of sp³-hybridized carbons (Fsp3) is 0.625. The van der Waals surface area contributed by atoms with Crippen LogP contribution in [0.2, 0.25) is 10.0 Å². The van der Waals surface area contributed by atoms with Crippen LogP contribution in [0, 0.1) is 0 Å². The summed E-state index contributed by atoms with van der Waals surface area (Å²) >= 11 is 12.3. The molecule has 1 aromatic rings. The van der Waals surface area contributed by atoms with Gasteiger partial charge in [-0.1, -0.05) is 36.2 Å². The van der Waals surface area contributed by atoms with E-state index in [0.29, 0.717) is 28.2 Å². The summed E-state index contributed by atoms with van der Waals surface area (Å²) in [5, 5.41) is 1.22. The molecule has 0 N–H and O–H groups in total. The molecule has 4 heteroatoms. The maximum Gasteiger partial charge on any atom is 0.110 e. The number of nitrogens with zero attached hydrogens (tertiary/aromatic N) is 1. The van der Waals surface area contributed by atoms with Gasteiger partial charge in [0.05, 0.1) is 16.7 Å². The molecule has 0 spiro atoms. The van der Waals surface area contributed by atoms with Crippen molar-refractivity contribution in [1.82, 2.24) is 4.90 Å². The Hall–Kier alpha value is -0.280. The minimum atomic E-state index is -0.210. The second kappa shape index (κ2) is 5.17. The molecular weight excluding hydrogens is 293 g/mol. The van der Waals surface area contributed by atoms with Crippen molar-refractivity contribution in [2.24, 2.45) is 0 Å². The molecule has 2 heterocycles. The maximum absolute atomic E-state index is 6.26. The first-order valence-electron chi connectivity index (χ1n) is 7.36. The number of hydrogen-bond donors (Lipinski definition) is 0. The lowest BCUT2D eigenvalue weighted by atomic mass is 9.85. The molecule has 110 valence electrons. The van der Waals surface area contributed by atoms with Gasteiger partial charge in [-0.3, -0.25) is 4.90 Å². The van der Waals surface area contributed by atoms with Crippen LogP contribution in [0.15, 0.2) is 18.2 Å². The van der Waals surface area contributed by atoms with Gasteiger partial charge in [0.15, 0.2) is 0 Å². The molecular formula is C16H21Cl2NO. The van der Waals surface area contributed by atoms with E-state index < -0.39 is 0 Å². The van der Waals surface area contributed by atoms with Crippen molar-refractivity contribution in [2.45, 2.75) is 57.3 Å². The smallest absolute Gasteiger partial charge is 0.110 e. The van der Waals surface area contributed by atoms with Crippen LogP contribution < -0.4 is 0 Å². The molecule has 2 aliphatic heterocycles. The van der Waals surface area contributed by atoms with E-state index >= 15 is 0 Å². The molecule has 0 aromatic heterocycles. The third kappa shape index (κ3) is 2.00. The lowest BCUT2D eigenvalue weighted by molar-refractivity contribution is -0.101. The quantitative estimate of drug-likeness (QED) is 0.815. The summed E-state index contributed by atoms with van der Waals surface area (Å²) in [4.78, 5) is 2.62. The number of benzene rings is 1. The zero-order chi connectivity index (χ0) is 14.5. The van der Waals surface area contributed by atoms with E-state index in [-0.39, 0.29) is 5.60 Å². The van der Waals surface area contributed by atoms with Crippen molar-refractivity contribution < 1.29 is 4.74 Å². The van der Waals surface area contributed by atoms with E-state index in [9.17, 15) is 0 Å². The van der Waals surface area contributed by atoms with E-state index in [1.807, 2.05) is 12.1 Å². The molecule has 1 aromatic carbocycles. The molecule has 2 bridgehead atoms. The van der Waals surface area contributed by atoms with Gasteiger partial charge in [-0.15, -0.1) is 0 Å². The molecule has 0 aliphatic carbocycles. The van der Waals surface area contributed by atoms with Gasteiger partial charge in [-0.05, 0) is 44.4 Å². The van der Waals surface area contributed by atoms with Crippen LogP contribution in [-0.4, -0.2) is 29.6 Å². The SMILES string of the molecule is CCC1N(C(C)C)C2COC1(c1ccc(Cl)c(Cl)c1)C2. The minimum Gasteiger partial charge on any atom is -0.367 e. The summed E-state index contributed by atoms with van der Waals surface area (Å²) in [5.41, 5.74) is 0.960. The van der Waals surface area contributed by atoms with Crippen LogP contribution in [-0.2, 0) is 10.3 Å². The Bertz CT molecular complexity index is 519. The van der Waals surface area contributed by atoms with Crippen LogP contribution >= 0.6 is 23.2 Å². The first-order chi connectivity index (χ1) is 9.49. The fourth-order valence-electron chi connectivity index (χ4n) is 4.11. The van der Waals surface area contributed by atoms with Crippen molar-refractivity contribution in [2.75, 3.05) is 6.61 Å². The summed E-state index contributed by atoms with van der Waals surface area (Å²) in [7, 11) is 0. The molecule has 3 unspecified atom stereocenters. The maximum atomic E-state index is 6.26. The Kier molecular flexibility index (Phi) is 3.79. The Morgan fingerprint density at radius 1 is 1.35 bits per heavy atom. The summed E-state index contributed by atoms with van der Waals surface area (Å²) in [6, 6.07) is 7.42. The minimum absolute atomic E-state index is 0.210. The van der Waals surface area contributed by atoms with E-state index in [1.54, 1.807) is 0 Å². The standard InChI is InChI=1S/C16H21Cl2NO/c1-4-15-16(11-5-6-13(17)14(18)7-11)8-12(9-20-16)19(15)10(2)3/h5-7,10,12,15H,4,8-9H2,1-3H3. The third-order valence-electron chi connectivity index (χ3n) is 4.78. The summed E-state index contributed by atoms with van der Waals surface area (Å²) in [6.45, 7) is 7.59. The topological polar surface area (TPSA) is 12.5 Å². The zero-order valence-electron chi connectivity index (χ0n) is 12.2. The number of rotatable bonds is 3. The predicted octanol–water partition coefficient (Wildman–Crippen LogP) is 4.48. The highest BCUT2D eigenvalue weighted by Crippen LogP contribution is 2.52. The molecule has 3 atom stereocenters. The Morgan fingerprint density at radius 2 is 2.10 bits per heavy atom. The molecule has 0 saturated carbocycles. The Morgan fingerprint density at radius 3 is 2.70 bits per heavy atom. The van der Waals surface area contributed by atoms with Crippen LogP contribution in [0.3, 0.4) is 0 Å². The van der Waals surface area contributed by atoms with Gasteiger partial charge in [0.25, 0.3) is 0 Å². The second-order valence-corrected chi connectivity index (χ2v) is 6.97.